The molecule has 0 atom stereocenters. The maximum Gasteiger partial charge on any atom is 0.0732 e. The quantitative estimate of drug-likeness (QED) is 0.631. The van der Waals surface area contributed by atoms with Crippen LogP contribution in [0.25, 0.3) is 16.5 Å². The van der Waals surface area contributed by atoms with Crippen molar-refractivity contribution in [1.29, 1.82) is 0 Å². The fourth-order valence-electron chi connectivity index (χ4n) is 5.39. The molecule has 0 unspecified atom stereocenters. The molecule has 6 nitrogen and oxygen atoms in total. The zero-order valence-corrected chi connectivity index (χ0v) is 19.4. The summed E-state index contributed by atoms with van der Waals surface area (Å²) in [4.78, 5) is 6.31. The lowest BCUT2D eigenvalue weighted by molar-refractivity contribution is -0.0712. The third-order valence-electron chi connectivity index (χ3n) is 7.36. The lowest BCUT2D eigenvalue weighted by Gasteiger charge is -2.41. The van der Waals surface area contributed by atoms with E-state index in [9.17, 15) is 0 Å². The van der Waals surface area contributed by atoms with Crippen molar-refractivity contribution in [3.63, 3.8) is 0 Å². The number of piperidine rings is 1. The Labute approximate surface area is 190 Å². The molecular weight excluding hydrogens is 398 g/mol. The summed E-state index contributed by atoms with van der Waals surface area (Å²) < 4.78 is 5.39. The first-order chi connectivity index (χ1) is 15.5. The molecule has 3 aliphatic heterocycles. The molecule has 0 saturated carbocycles. The molecule has 170 valence electrons. The molecule has 2 aromatic rings. The molecular formula is C26H35N5O. The normalized spacial score (nSPS) is 22.5. The van der Waals surface area contributed by atoms with Gasteiger partial charge in [-0.25, -0.2) is 5.84 Å². The number of hydrogen-bond donors (Lipinski definition) is 3. The second-order valence-electron chi connectivity index (χ2n) is 9.72. The number of benzene rings is 1. The second-order valence-corrected chi connectivity index (χ2v) is 9.72. The Kier molecular flexibility index (Phi) is 5.61. The van der Waals surface area contributed by atoms with Crippen LogP contribution in [0, 0.1) is 0 Å². The van der Waals surface area contributed by atoms with Gasteiger partial charge in [0.2, 0.25) is 0 Å². The fourth-order valence-corrected chi connectivity index (χ4v) is 5.39. The van der Waals surface area contributed by atoms with Crippen molar-refractivity contribution in [2.75, 3.05) is 26.3 Å². The molecule has 5 rings (SSSR count). The van der Waals surface area contributed by atoms with Crippen LogP contribution >= 0.6 is 0 Å². The molecule has 32 heavy (non-hydrogen) atoms. The van der Waals surface area contributed by atoms with Crippen molar-refractivity contribution >= 4 is 16.5 Å². The van der Waals surface area contributed by atoms with Crippen LogP contribution < -0.4 is 11.6 Å². The van der Waals surface area contributed by atoms with E-state index in [1.165, 1.54) is 53.7 Å². The number of H-pyrrole nitrogens is 1. The molecule has 0 spiro atoms. The lowest BCUT2D eigenvalue weighted by atomic mass is 9.87. The third-order valence-corrected chi connectivity index (χ3v) is 7.36. The van der Waals surface area contributed by atoms with E-state index >= 15 is 0 Å². The van der Waals surface area contributed by atoms with E-state index in [1.54, 1.807) is 11.2 Å². The Morgan fingerprint density at radius 1 is 1.16 bits per heavy atom. The highest BCUT2D eigenvalue weighted by Gasteiger charge is 2.30. The number of fused-ring (bicyclic) bond motifs is 1. The maximum atomic E-state index is 6.14. The molecule has 6 heteroatoms. The minimum absolute atomic E-state index is 0.394. The highest BCUT2D eigenvalue weighted by Crippen LogP contribution is 2.39. The minimum atomic E-state index is 0.394. The summed E-state index contributed by atoms with van der Waals surface area (Å²) in [6.45, 7) is 10.7. The lowest BCUT2D eigenvalue weighted by Crippen LogP contribution is -2.51. The van der Waals surface area contributed by atoms with Gasteiger partial charge < -0.3 is 15.5 Å². The van der Waals surface area contributed by atoms with Gasteiger partial charge in [0.05, 0.1) is 30.6 Å². The van der Waals surface area contributed by atoms with Gasteiger partial charge in [0.15, 0.2) is 0 Å². The zero-order chi connectivity index (χ0) is 22.4. The van der Waals surface area contributed by atoms with Crippen molar-refractivity contribution < 1.29 is 4.74 Å². The van der Waals surface area contributed by atoms with Gasteiger partial charge in [-0.2, -0.15) is 0 Å². The molecule has 1 aromatic carbocycles. The Hall–Kier alpha value is -2.54. The Balaban J connectivity index is 1.48. The average Bonchev–Trinajstić information content (AvgIpc) is 3.14. The van der Waals surface area contributed by atoms with Crippen molar-refractivity contribution in [3.8, 4) is 0 Å². The SMILES string of the molecule is CC1=CC(c2[nH]c3ccc(C4CCN(C5COC5)CC4)cc3c2C(C)C)=C/C(=C/N)N1N. The second kappa shape index (κ2) is 8.43. The predicted octanol–water partition coefficient (Wildman–Crippen LogP) is 4.15. The first kappa shape index (κ1) is 21.3. The highest BCUT2D eigenvalue weighted by molar-refractivity contribution is 5.93. The standard InChI is InChI=1S/C26H35N5O/c1-16(2)25-23-12-19(18-6-8-30(9-7-18)22-14-32-15-22)4-5-24(23)29-26(25)20-10-17(3)31(28)21(11-20)13-27/h4-5,10-13,16,18,22,29H,6-9,14-15,27-28H2,1-3H3/b21-13-. The van der Waals surface area contributed by atoms with Crippen molar-refractivity contribution in [2.24, 2.45) is 11.6 Å². The van der Waals surface area contributed by atoms with Crippen LogP contribution in [0.3, 0.4) is 0 Å². The van der Waals surface area contributed by atoms with Crippen LogP contribution in [-0.2, 0) is 4.74 Å². The van der Waals surface area contributed by atoms with Gasteiger partial charge in [0, 0.05) is 28.4 Å². The van der Waals surface area contributed by atoms with Crippen molar-refractivity contribution in [3.05, 3.63) is 64.8 Å². The summed E-state index contributed by atoms with van der Waals surface area (Å²) in [5, 5.41) is 2.96. The van der Waals surface area contributed by atoms with Gasteiger partial charge in [-0.05, 0) is 80.1 Å². The largest absolute Gasteiger partial charge is 0.403 e. The summed E-state index contributed by atoms with van der Waals surface area (Å²) in [5.74, 6) is 7.16. The van der Waals surface area contributed by atoms with E-state index in [2.05, 4.69) is 54.1 Å². The van der Waals surface area contributed by atoms with Crippen molar-refractivity contribution in [2.45, 2.75) is 51.5 Å². The third kappa shape index (κ3) is 3.66. The van der Waals surface area contributed by atoms with E-state index in [1.807, 2.05) is 6.92 Å². The summed E-state index contributed by atoms with van der Waals surface area (Å²) in [7, 11) is 0. The monoisotopic (exact) mass is 433 g/mol. The van der Waals surface area contributed by atoms with Crippen molar-refractivity contribution in [1.82, 2.24) is 14.9 Å². The minimum Gasteiger partial charge on any atom is -0.403 e. The number of rotatable bonds is 4. The molecule has 0 bridgehead atoms. The molecule has 0 radical (unpaired) electrons. The molecule has 3 aliphatic rings. The number of nitrogens with one attached hydrogen (secondary N) is 1. The first-order valence-corrected chi connectivity index (χ1v) is 11.8. The zero-order valence-electron chi connectivity index (χ0n) is 19.4. The number of nitrogens with zero attached hydrogens (tertiary/aromatic N) is 2. The highest BCUT2D eigenvalue weighted by atomic mass is 16.5. The van der Waals surface area contributed by atoms with Gasteiger partial charge in [0.25, 0.3) is 0 Å². The average molecular weight is 434 g/mol. The number of hydrazine groups is 1. The number of nitrogens with two attached hydrogens (primary N) is 2. The van der Waals surface area contributed by atoms with E-state index in [0.717, 1.165) is 30.2 Å². The van der Waals surface area contributed by atoms with Gasteiger partial charge in [-0.15, -0.1) is 0 Å². The Bertz CT molecular complexity index is 1100. The van der Waals surface area contributed by atoms with Gasteiger partial charge in [0.1, 0.15) is 0 Å². The molecule has 4 heterocycles. The molecule has 2 fully saturated rings. The number of aromatic amines is 1. The maximum absolute atomic E-state index is 6.14. The number of hydrogen-bond acceptors (Lipinski definition) is 5. The Morgan fingerprint density at radius 2 is 1.91 bits per heavy atom. The molecule has 0 aliphatic carbocycles. The van der Waals surface area contributed by atoms with Crippen LogP contribution in [0.1, 0.15) is 62.3 Å². The number of aromatic nitrogens is 1. The smallest absolute Gasteiger partial charge is 0.0732 e. The first-order valence-electron chi connectivity index (χ1n) is 11.8. The van der Waals surface area contributed by atoms with Crippen LogP contribution in [0.15, 0.2) is 47.9 Å². The van der Waals surface area contributed by atoms with E-state index in [-0.39, 0.29) is 0 Å². The van der Waals surface area contributed by atoms with Gasteiger partial charge in [-0.3, -0.25) is 9.91 Å². The summed E-state index contributed by atoms with van der Waals surface area (Å²) in [6, 6.07) is 7.67. The van der Waals surface area contributed by atoms with Gasteiger partial charge >= 0.3 is 0 Å². The fraction of sp³-hybridized carbons (Fsp3) is 0.462. The van der Waals surface area contributed by atoms with Crippen LogP contribution in [0.4, 0.5) is 0 Å². The van der Waals surface area contributed by atoms with Crippen LogP contribution in [-0.4, -0.2) is 47.2 Å². The Morgan fingerprint density at radius 3 is 2.53 bits per heavy atom. The number of ether oxygens (including phenoxy) is 1. The number of likely N-dealkylation sites (tertiary alicyclic amines) is 1. The number of allylic oxidation sites excluding steroid dienone is 4. The van der Waals surface area contributed by atoms with Crippen LogP contribution in [0.2, 0.25) is 0 Å². The topological polar surface area (TPSA) is 83.5 Å². The van der Waals surface area contributed by atoms with Gasteiger partial charge in [-0.1, -0.05) is 19.9 Å². The molecule has 1 aromatic heterocycles. The summed E-state index contributed by atoms with van der Waals surface area (Å²) >= 11 is 0. The van der Waals surface area contributed by atoms with E-state index < -0.39 is 0 Å². The predicted molar refractivity (Wildman–Crippen MR) is 131 cm³/mol. The molecule has 0 amide bonds. The molecule has 5 N–H and O–H groups in total. The van der Waals surface area contributed by atoms with Crippen LogP contribution in [0.5, 0.6) is 0 Å². The summed E-state index contributed by atoms with van der Waals surface area (Å²) in [5.41, 5.74) is 13.9. The summed E-state index contributed by atoms with van der Waals surface area (Å²) in [6.07, 6.45) is 8.20. The molecule has 2 saturated heterocycles. The van der Waals surface area contributed by atoms with E-state index in [0.29, 0.717) is 17.9 Å². The van der Waals surface area contributed by atoms with E-state index in [4.69, 9.17) is 16.3 Å².